The molecule has 0 spiro atoms. The first-order chi connectivity index (χ1) is 9.51. The van der Waals surface area contributed by atoms with Gasteiger partial charge < -0.3 is 10.5 Å². The number of nitro benzene ring substituents is 1. The third kappa shape index (κ3) is 2.89. The fourth-order valence-corrected chi connectivity index (χ4v) is 1.62. The maximum absolute atomic E-state index is 13.4. The molecule has 0 amide bonds. The maximum atomic E-state index is 13.4. The van der Waals surface area contributed by atoms with Crippen LogP contribution in [0.5, 0.6) is 11.5 Å². The van der Waals surface area contributed by atoms with Crippen LogP contribution < -0.4 is 10.5 Å². The Morgan fingerprint density at radius 3 is 2.40 bits per heavy atom. The average molecular weight is 280 g/mol. The highest BCUT2D eigenvalue weighted by Gasteiger charge is 2.23. The van der Waals surface area contributed by atoms with Gasteiger partial charge in [0.2, 0.25) is 11.6 Å². The molecule has 2 N–H and O–H groups in total. The number of nitro groups is 1. The Kier molecular flexibility index (Phi) is 3.90. The lowest BCUT2D eigenvalue weighted by atomic mass is 10.2. The summed E-state index contributed by atoms with van der Waals surface area (Å²) >= 11 is 0. The van der Waals surface area contributed by atoms with Crippen molar-refractivity contribution in [3.8, 4) is 11.5 Å². The fourth-order valence-electron chi connectivity index (χ4n) is 1.62. The summed E-state index contributed by atoms with van der Waals surface area (Å²) in [6.45, 7) is 0.328. The first-order valence-corrected chi connectivity index (χ1v) is 5.61. The van der Waals surface area contributed by atoms with Crippen LogP contribution in [0.25, 0.3) is 0 Å². The lowest BCUT2D eigenvalue weighted by molar-refractivity contribution is -0.388. The second-order valence-corrected chi connectivity index (χ2v) is 3.94. The zero-order valence-corrected chi connectivity index (χ0v) is 10.2. The highest BCUT2D eigenvalue weighted by atomic mass is 19.1. The van der Waals surface area contributed by atoms with Crippen molar-refractivity contribution >= 4 is 5.69 Å². The van der Waals surface area contributed by atoms with Gasteiger partial charge in [-0.15, -0.1) is 0 Å². The summed E-state index contributed by atoms with van der Waals surface area (Å²) in [5, 5.41) is 10.8. The Balaban J connectivity index is 2.39. The van der Waals surface area contributed by atoms with Crippen LogP contribution in [0.3, 0.4) is 0 Å². The van der Waals surface area contributed by atoms with Crippen molar-refractivity contribution in [3.05, 3.63) is 63.7 Å². The number of halogens is 2. The van der Waals surface area contributed by atoms with Gasteiger partial charge in [0.05, 0.1) is 4.92 Å². The molecule has 0 bridgehead atoms. The summed E-state index contributed by atoms with van der Waals surface area (Å²) in [5.74, 6) is -2.52. The van der Waals surface area contributed by atoms with Crippen molar-refractivity contribution in [2.75, 3.05) is 0 Å². The van der Waals surface area contributed by atoms with Crippen LogP contribution in [0.4, 0.5) is 14.5 Å². The number of hydrogen-bond acceptors (Lipinski definition) is 4. The van der Waals surface area contributed by atoms with Crippen molar-refractivity contribution < 1.29 is 18.4 Å². The Morgan fingerprint density at radius 1 is 1.20 bits per heavy atom. The first kappa shape index (κ1) is 13.9. The summed E-state index contributed by atoms with van der Waals surface area (Å²) in [7, 11) is 0. The molecule has 0 aliphatic rings. The van der Waals surface area contributed by atoms with E-state index in [1.54, 1.807) is 12.1 Å². The van der Waals surface area contributed by atoms with Gasteiger partial charge in [-0.25, -0.2) is 4.39 Å². The fraction of sp³-hybridized carbons (Fsp3) is 0.0769. The number of benzene rings is 2. The predicted octanol–water partition coefficient (Wildman–Crippen LogP) is 3.12. The van der Waals surface area contributed by atoms with E-state index in [2.05, 4.69) is 0 Å². The van der Waals surface area contributed by atoms with E-state index < -0.39 is 28.0 Å². The normalized spacial score (nSPS) is 10.3. The van der Waals surface area contributed by atoms with Crippen LogP contribution in [0.1, 0.15) is 5.56 Å². The second kappa shape index (κ2) is 5.62. The molecule has 20 heavy (non-hydrogen) atoms. The average Bonchev–Trinajstić information content (AvgIpc) is 2.38. The third-order valence-corrected chi connectivity index (χ3v) is 2.56. The predicted molar refractivity (Wildman–Crippen MR) is 67.4 cm³/mol. The molecule has 0 atom stereocenters. The monoisotopic (exact) mass is 280 g/mol. The molecule has 0 unspecified atom stereocenters. The molecule has 104 valence electrons. The molecule has 0 aliphatic heterocycles. The number of hydrogen-bond donors (Lipinski definition) is 1. The molecule has 0 heterocycles. The number of nitrogens with zero attached hydrogens (tertiary/aromatic N) is 1. The van der Waals surface area contributed by atoms with E-state index in [1.165, 1.54) is 12.1 Å². The van der Waals surface area contributed by atoms with Gasteiger partial charge in [0.25, 0.3) is 0 Å². The van der Waals surface area contributed by atoms with Gasteiger partial charge in [-0.3, -0.25) is 10.1 Å². The van der Waals surface area contributed by atoms with E-state index in [4.69, 9.17) is 10.5 Å². The molecule has 5 nitrogen and oxygen atoms in total. The minimum atomic E-state index is -1.29. The summed E-state index contributed by atoms with van der Waals surface area (Å²) in [6, 6.07) is 7.51. The Hall–Kier alpha value is -2.54. The Morgan fingerprint density at radius 2 is 1.85 bits per heavy atom. The van der Waals surface area contributed by atoms with Crippen molar-refractivity contribution in [2.24, 2.45) is 5.73 Å². The Labute approximate surface area is 112 Å². The smallest absolute Gasteiger partial charge is 0.347 e. The molecule has 0 saturated carbocycles. The van der Waals surface area contributed by atoms with E-state index >= 15 is 0 Å². The van der Waals surface area contributed by atoms with Crippen LogP contribution in [-0.4, -0.2) is 4.92 Å². The number of nitrogens with two attached hydrogens (primary N) is 1. The van der Waals surface area contributed by atoms with Gasteiger partial charge in [-0.1, -0.05) is 12.1 Å². The van der Waals surface area contributed by atoms with Crippen LogP contribution in [-0.2, 0) is 6.54 Å². The SMILES string of the molecule is NCc1ccc(Oc2cc(F)cc(F)c2[N+](=O)[O-])cc1. The van der Waals surface area contributed by atoms with E-state index in [9.17, 15) is 18.9 Å². The molecule has 2 aromatic carbocycles. The van der Waals surface area contributed by atoms with Gasteiger partial charge >= 0.3 is 5.69 Å². The minimum absolute atomic E-state index is 0.218. The number of rotatable bonds is 4. The molecular weight excluding hydrogens is 270 g/mol. The summed E-state index contributed by atoms with van der Waals surface area (Å²) < 4.78 is 31.7. The lowest BCUT2D eigenvalue weighted by Crippen LogP contribution is -1.99. The number of ether oxygens (including phenoxy) is 1. The molecule has 2 aromatic rings. The van der Waals surface area contributed by atoms with Crippen molar-refractivity contribution in [1.82, 2.24) is 0 Å². The topological polar surface area (TPSA) is 78.4 Å². The standard InChI is InChI=1S/C13H10F2N2O3/c14-9-5-11(15)13(17(18)19)12(6-9)20-10-3-1-8(7-16)2-4-10/h1-6H,7,16H2. The van der Waals surface area contributed by atoms with Crippen molar-refractivity contribution in [2.45, 2.75) is 6.54 Å². The van der Waals surface area contributed by atoms with Gasteiger partial charge in [0.1, 0.15) is 11.6 Å². The third-order valence-electron chi connectivity index (χ3n) is 2.56. The molecule has 7 heteroatoms. The van der Waals surface area contributed by atoms with E-state index in [0.29, 0.717) is 12.6 Å². The molecular formula is C13H10F2N2O3. The van der Waals surface area contributed by atoms with Crippen molar-refractivity contribution in [1.29, 1.82) is 0 Å². The summed E-state index contributed by atoms with van der Waals surface area (Å²) in [4.78, 5) is 9.83. The van der Waals surface area contributed by atoms with Crippen LogP contribution >= 0.6 is 0 Å². The first-order valence-electron chi connectivity index (χ1n) is 5.61. The minimum Gasteiger partial charge on any atom is -0.450 e. The summed E-state index contributed by atoms with van der Waals surface area (Å²) in [5.41, 5.74) is 5.35. The van der Waals surface area contributed by atoms with Crippen LogP contribution in [0, 0.1) is 21.7 Å². The lowest BCUT2D eigenvalue weighted by Gasteiger charge is -2.07. The van der Waals surface area contributed by atoms with E-state index in [-0.39, 0.29) is 5.75 Å². The second-order valence-electron chi connectivity index (χ2n) is 3.94. The van der Waals surface area contributed by atoms with Crippen molar-refractivity contribution in [3.63, 3.8) is 0 Å². The molecule has 0 aliphatic carbocycles. The molecule has 0 saturated heterocycles. The van der Waals surface area contributed by atoms with Gasteiger partial charge in [-0.05, 0) is 17.7 Å². The van der Waals surface area contributed by atoms with Crippen LogP contribution in [0.15, 0.2) is 36.4 Å². The van der Waals surface area contributed by atoms with Gasteiger partial charge in [-0.2, -0.15) is 4.39 Å². The van der Waals surface area contributed by atoms with E-state index in [1.807, 2.05) is 0 Å². The highest BCUT2D eigenvalue weighted by Crippen LogP contribution is 2.34. The van der Waals surface area contributed by atoms with Crippen LogP contribution in [0.2, 0.25) is 0 Å². The highest BCUT2D eigenvalue weighted by molar-refractivity contribution is 5.49. The zero-order valence-electron chi connectivity index (χ0n) is 10.2. The van der Waals surface area contributed by atoms with Gasteiger partial charge in [0, 0.05) is 18.7 Å². The molecule has 0 fully saturated rings. The molecule has 2 rings (SSSR count). The van der Waals surface area contributed by atoms with E-state index in [0.717, 1.165) is 11.6 Å². The quantitative estimate of drug-likeness (QED) is 0.689. The largest absolute Gasteiger partial charge is 0.450 e. The Bertz CT molecular complexity index is 645. The zero-order chi connectivity index (χ0) is 14.7. The maximum Gasteiger partial charge on any atom is 0.347 e. The molecule has 0 aromatic heterocycles. The summed E-state index contributed by atoms with van der Waals surface area (Å²) in [6.07, 6.45) is 0. The van der Waals surface area contributed by atoms with Gasteiger partial charge in [0.15, 0.2) is 0 Å². The molecule has 0 radical (unpaired) electrons.